The smallest absolute Gasteiger partial charge is 0.242 e. The monoisotopic (exact) mass is 294 g/mol. The summed E-state index contributed by atoms with van der Waals surface area (Å²) in [5, 5.41) is 0. The van der Waals surface area contributed by atoms with Crippen molar-refractivity contribution in [3.05, 3.63) is 71.3 Å². The molecule has 0 aliphatic carbocycles. The lowest BCUT2D eigenvalue weighted by atomic mass is 9.84. The van der Waals surface area contributed by atoms with Gasteiger partial charge in [0.1, 0.15) is 0 Å². The average Bonchev–Trinajstić information content (AvgIpc) is 2.53. The van der Waals surface area contributed by atoms with Crippen molar-refractivity contribution in [1.82, 2.24) is 4.90 Å². The largest absolute Gasteiger partial charge is 0.336 e. The highest BCUT2D eigenvalue weighted by molar-refractivity contribution is 5.85. The van der Waals surface area contributed by atoms with E-state index in [1.165, 1.54) is 16.7 Å². The zero-order valence-corrected chi connectivity index (χ0v) is 13.1. The van der Waals surface area contributed by atoms with Crippen LogP contribution in [-0.2, 0) is 11.3 Å². The Balaban J connectivity index is 2.01. The molecule has 3 nitrogen and oxygen atoms in total. The lowest BCUT2D eigenvalue weighted by Gasteiger charge is -2.38. The fourth-order valence-electron chi connectivity index (χ4n) is 3.14. The Hall–Kier alpha value is -2.13. The zero-order valence-electron chi connectivity index (χ0n) is 13.1. The summed E-state index contributed by atoms with van der Waals surface area (Å²) in [7, 11) is 0. The van der Waals surface area contributed by atoms with Gasteiger partial charge in [0, 0.05) is 19.0 Å². The van der Waals surface area contributed by atoms with Gasteiger partial charge in [0.05, 0.1) is 5.54 Å². The molecule has 1 unspecified atom stereocenters. The number of carbonyl (C=O) groups is 1. The number of nitrogens with two attached hydrogens (primary N) is 1. The molecule has 2 aromatic carbocycles. The average molecular weight is 294 g/mol. The maximum atomic E-state index is 12.6. The number of rotatable bonds is 2. The molecule has 1 heterocycles. The quantitative estimate of drug-likeness (QED) is 0.925. The SMILES string of the molecule is CC(C)(N)C(=O)N1Cc2ccccc2C(c2ccccc2)C1. The van der Waals surface area contributed by atoms with Crippen LogP contribution in [0.4, 0.5) is 0 Å². The summed E-state index contributed by atoms with van der Waals surface area (Å²) in [6.07, 6.45) is 0. The first-order valence-electron chi connectivity index (χ1n) is 7.68. The van der Waals surface area contributed by atoms with Crippen LogP contribution in [0.3, 0.4) is 0 Å². The van der Waals surface area contributed by atoms with Crippen molar-refractivity contribution in [2.45, 2.75) is 31.8 Å². The van der Waals surface area contributed by atoms with Crippen molar-refractivity contribution >= 4 is 5.91 Å². The molecule has 114 valence electrons. The van der Waals surface area contributed by atoms with Gasteiger partial charge in [0.15, 0.2) is 0 Å². The maximum absolute atomic E-state index is 12.6. The van der Waals surface area contributed by atoms with E-state index in [1.807, 2.05) is 29.2 Å². The molecule has 2 aromatic rings. The van der Waals surface area contributed by atoms with E-state index in [0.717, 1.165) is 0 Å². The lowest BCUT2D eigenvalue weighted by molar-refractivity contribution is -0.137. The molecule has 1 amide bonds. The Morgan fingerprint density at radius 1 is 1.09 bits per heavy atom. The molecule has 1 aliphatic heterocycles. The highest BCUT2D eigenvalue weighted by Crippen LogP contribution is 2.33. The first-order valence-corrected chi connectivity index (χ1v) is 7.68. The molecule has 3 heteroatoms. The number of carbonyl (C=O) groups excluding carboxylic acids is 1. The van der Waals surface area contributed by atoms with Gasteiger partial charge in [-0.15, -0.1) is 0 Å². The zero-order chi connectivity index (χ0) is 15.7. The summed E-state index contributed by atoms with van der Waals surface area (Å²) < 4.78 is 0. The third-order valence-corrected chi connectivity index (χ3v) is 4.24. The van der Waals surface area contributed by atoms with Gasteiger partial charge in [-0.1, -0.05) is 54.6 Å². The number of amides is 1. The summed E-state index contributed by atoms with van der Waals surface area (Å²) in [5.74, 6) is 0.209. The van der Waals surface area contributed by atoms with Crippen molar-refractivity contribution < 1.29 is 4.79 Å². The van der Waals surface area contributed by atoms with Crippen molar-refractivity contribution in [3.63, 3.8) is 0 Å². The minimum atomic E-state index is -0.840. The molecule has 1 atom stereocenters. The minimum absolute atomic E-state index is 0.00272. The van der Waals surface area contributed by atoms with Crippen LogP contribution in [-0.4, -0.2) is 22.9 Å². The third-order valence-electron chi connectivity index (χ3n) is 4.24. The van der Waals surface area contributed by atoms with Crippen LogP contribution < -0.4 is 5.73 Å². The molecular formula is C19H22N2O. The molecule has 3 rings (SSSR count). The predicted octanol–water partition coefficient (Wildman–Crippen LogP) is 2.90. The molecule has 0 radical (unpaired) electrons. The Kier molecular flexibility index (Phi) is 3.75. The number of fused-ring (bicyclic) bond motifs is 1. The molecule has 0 aromatic heterocycles. The third kappa shape index (κ3) is 2.77. The Labute approximate surface area is 131 Å². The fraction of sp³-hybridized carbons (Fsp3) is 0.316. The highest BCUT2D eigenvalue weighted by atomic mass is 16.2. The molecule has 2 N–H and O–H groups in total. The first kappa shape index (κ1) is 14.8. The first-order chi connectivity index (χ1) is 10.5. The lowest BCUT2D eigenvalue weighted by Crippen LogP contribution is -2.53. The summed E-state index contributed by atoms with van der Waals surface area (Å²) in [5.41, 5.74) is 8.94. The van der Waals surface area contributed by atoms with Crippen LogP contribution in [0.15, 0.2) is 54.6 Å². The Morgan fingerprint density at radius 2 is 1.73 bits per heavy atom. The van der Waals surface area contributed by atoms with Gasteiger partial charge in [-0.3, -0.25) is 4.79 Å². The summed E-state index contributed by atoms with van der Waals surface area (Å²) in [6.45, 7) is 4.86. The van der Waals surface area contributed by atoms with Gasteiger partial charge in [-0.25, -0.2) is 0 Å². The number of nitrogens with zero attached hydrogens (tertiary/aromatic N) is 1. The molecule has 0 saturated heterocycles. The Bertz CT molecular complexity index is 673. The molecular weight excluding hydrogens is 272 g/mol. The van der Waals surface area contributed by atoms with Gasteiger partial charge in [0.2, 0.25) is 5.91 Å². The van der Waals surface area contributed by atoms with Crippen molar-refractivity contribution in [3.8, 4) is 0 Å². The second-order valence-electron chi connectivity index (χ2n) is 6.57. The topological polar surface area (TPSA) is 46.3 Å². The van der Waals surface area contributed by atoms with Crippen LogP contribution in [0, 0.1) is 0 Å². The summed E-state index contributed by atoms with van der Waals surface area (Å²) >= 11 is 0. The second-order valence-corrected chi connectivity index (χ2v) is 6.57. The van der Waals surface area contributed by atoms with E-state index in [0.29, 0.717) is 13.1 Å². The van der Waals surface area contributed by atoms with Gasteiger partial charge in [0.25, 0.3) is 0 Å². The number of benzene rings is 2. The predicted molar refractivity (Wildman–Crippen MR) is 88.4 cm³/mol. The highest BCUT2D eigenvalue weighted by Gasteiger charge is 2.34. The van der Waals surface area contributed by atoms with E-state index in [-0.39, 0.29) is 11.8 Å². The van der Waals surface area contributed by atoms with E-state index >= 15 is 0 Å². The Morgan fingerprint density at radius 3 is 2.41 bits per heavy atom. The van der Waals surface area contributed by atoms with E-state index in [9.17, 15) is 4.79 Å². The second kappa shape index (κ2) is 5.58. The van der Waals surface area contributed by atoms with Crippen LogP contribution in [0.5, 0.6) is 0 Å². The molecule has 0 fully saturated rings. The van der Waals surface area contributed by atoms with Gasteiger partial charge in [-0.2, -0.15) is 0 Å². The van der Waals surface area contributed by atoms with Crippen molar-refractivity contribution in [1.29, 1.82) is 0 Å². The van der Waals surface area contributed by atoms with E-state index in [2.05, 4.69) is 30.3 Å². The van der Waals surface area contributed by atoms with E-state index in [4.69, 9.17) is 5.73 Å². The van der Waals surface area contributed by atoms with Gasteiger partial charge >= 0.3 is 0 Å². The minimum Gasteiger partial charge on any atom is -0.336 e. The molecule has 0 spiro atoms. The van der Waals surface area contributed by atoms with Crippen LogP contribution in [0.25, 0.3) is 0 Å². The fourth-order valence-corrected chi connectivity index (χ4v) is 3.14. The number of hydrogen-bond acceptors (Lipinski definition) is 2. The van der Waals surface area contributed by atoms with Gasteiger partial charge in [-0.05, 0) is 30.5 Å². The van der Waals surface area contributed by atoms with Crippen LogP contribution >= 0.6 is 0 Å². The summed E-state index contributed by atoms with van der Waals surface area (Å²) in [6, 6.07) is 18.7. The molecule has 1 aliphatic rings. The van der Waals surface area contributed by atoms with Crippen molar-refractivity contribution in [2.24, 2.45) is 5.73 Å². The molecule has 0 saturated carbocycles. The normalized spacial score (nSPS) is 18.0. The molecule has 0 bridgehead atoms. The van der Waals surface area contributed by atoms with Crippen LogP contribution in [0.1, 0.15) is 36.5 Å². The summed E-state index contributed by atoms with van der Waals surface area (Å²) in [4.78, 5) is 14.5. The number of hydrogen-bond donors (Lipinski definition) is 1. The standard InChI is InChI=1S/C19H22N2O/c1-19(2,20)18(22)21-12-15-10-6-7-11-16(15)17(13-21)14-8-4-3-5-9-14/h3-11,17H,12-13,20H2,1-2H3. The van der Waals surface area contributed by atoms with Crippen LogP contribution in [0.2, 0.25) is 0 Å². The van der Waals surface area contributed by atoms with E-state index in [1.54, 1.807) is 13.8 Å². The maximum Gasteiger partial charge on any atom is 0.242 e. The molecule has 22 heavy (non-hydrogen) atoms. The van der Waals surface area contributed by atoms with Crippen molar-refractivity contribution in [2.75, 3.05) is 6.54 Å². The van der Waals surface area contributed by atoms with Gasteiger partial charge < -0.3 is 10.6 Å². The van der Waals surface area contributed by atoms with E-state index < -0.39 is 5.54 Å².